The molecule has 100 valence electrons. The highest BCUT2D eigenvalue weighted by Gasteiger charge is 2.17. The van der Waals surface area contributed by atoms with Gasteiger partial charge in [0.1, 0.15) is 5.82 Å². The Kier molecular flexibility index (Phi) is 3.64. The molecule has 1 aromatic carbocycles. The third-order valence-electron chi connectivity index (χ3n) is 2.46. The van der Waals surface area contributed by atoms with Crippen molar-refractivity contribution >= 4 is 33.1 Å². The molecule has 19 heavy (non-hydrogen) atoms. The largest absolute Gasteiger partial charge is 0.399 e. The average molecular weight is 298 g/mol. The van der Waals surface area contributed by atoms with Crippen LogP contribution in [0, 0.1) is 6.92 Å². The zero-order chi connectivity index (χ0) is 14.0. The molecule has 0 saturated heterocycles. The lowest BCUT2D eigenvalue weighted by Gasteiger charge is -2.10. The minimum Gasteiger partial charge on any atom is -0.399 e. The normalized spacial score (nSPS) is 11.3. The highest BCUT2D eigenvalue weighted by molar-refractivity contribution is 7.92. The lowest BCUT2D eigenvalue weighted by Crippen LogP contribution is -2.15. The molecule has 1 aromatic heterocycles. The van der Waals surface area contributed by atoms with Crippen molar-refractivity contribution in [3.05, 3.63) is 47.1 Å². The second-order valence-corrected chi connectivity index (χ2v) is 6.08. The minimum atomic E-state index is -3.73. The Bertz CT molecular complexity index is 717. The number of sulfonamides is 1. The third-order valence-corrected chi connectivity index (χ3v) is 4.19. The molecule has 0 saturated carbocycles. The number of benzene rings is 1. The van der Waals surface area contributed by atoms with Gasteiger partial charge in [-0.25, -0.2) is 13.4 Å². The zero-order valence-electron chi connectivity index (χ0n) is 10.1. The van der Waals surface area contributed by atoms with Gasteiger partial charge in [0.05, 0.1) is 4.90 Å². The summed E-state index contributed by atoms with van der Waals surface area (Å²) < 4.78 is 26.8. The lowest BCUT2D eigenvalue weighted by molar-refractivity contribution is 0.600. The number of aryl methyl sites for hydroxylation is 1. The molecule has 1 heterocycles. The van der Waals surface area contributed by atoms with E-state index in [2.05, 4.69) is 9.71 Å². The van der Waals surface area contributed by atoms with Crippen molar-refractivity contribution in [2.75, 3.05) is 10.5 Å². The molecule has 0 aliphatic rings. The Labute approximate surface area is 116 Å². The Morgan fingerprint density at radius 3 is 2.68 bits per heavy atom. The molecule has 0 amide bonds. The Hall–Kier alpha value is -1.79. The molecule has 2 rings (SSSR count). The van der Waals surface area contributed by atoms with Crippen molar-refractivity contribution in [3.63, 3.8) is 0 Å². The van der Waals surface area contributed by atoms with Gasteiger partial charge in [-0.1, -0.05) is 17.7 Å². The first-order valence-corrected chi connectivity index (χ1v) is 7.25. The smallest absolute Gasteiger partial charge is 0.263 e. The van der Waals surface area contributed by atoms with Crippen molar-refractivity contribution < 1.29 is 8.42 Å². The summed E-state index contributed by atoms with van der Waals surface area (Å²) in [5.41, 5.74) is 6.59. The quantitative estimate of drug-likeness (QED) is 0.852. The highest BCUT2D eigenvalue weighted by Crippen LogP contribution is 2.21. The number of aromatic nitrogens is 1. The fourth-order valence-corrected chi connectivity index (χ4v) is 3.00. The van der Waals surface area contributed by atoms with Crippen LogP contribution >= 0.6 is 11.6 Å². The van der Waals surface area contributed by atoms with Crippen molar-refractivity contribution in [1.82, 2.24) is 4.98 Å². The third kappa shape index (κ3) is 3.15. The first kappa shape index (κ1) is 13.6. The van der Waals surface area contributed by atoms with Crippen LogP contribution in [0.2, 0.25) is 5.02 Å². The van der Waals surface area contributed by atoms with E-state index in [1.807, 2.05) is 0 Å². The maximum atomic E-state index is 12.2. The molecule has 0 atom stereocenters. The zero-order valence-corrected chi connectivity index (χ0v) is 11.7. The number of nitrogens with two attached hydrogens (primary N) is 1. The first-order chi connectivity index (χ1) is 8.88. The van der Waals surface area contributed by atoms with Gasteiger partial charge < -0.3 is 5.73 Å². The SMILES string of the molecule is Cc1ccc(N)cc1S(=O)(=O)Nc1cc(Cl)ccn1. The number of anilines is 2. The Balaban J connectivity index is 2.40. The van der Waals surface area contributed by atoms with E-state index >= 15 is 0 Å². The van der Waals surface area contributed by atoms with Crippen molar-refractivity contribution in [1.29, 1.82) is 0 Å². The molecule has 2 aromatic rings. The summed E-state index contributed by atoms with van der Waals surface area (Å²) in [7, 11) is -3.73. The molecule has 5 nitrogen and oxygen atoms in total. The predicted molar refractivity (Wildman–Crippen MR) is 75.6 cm³/mol. The van der Waals surface area contributed by atoms with E-state index in [9.17, 15) is 8.42 Å². The lowest BCUT2D eigenvalue weighted by atomic mass is 10.2. The van der Waals surface area contributed by atoms with Crippen LogP contribution in [-0.4, -0.2) is 13.4 Å². The average Bonchev–Trinajstić information content (AvgIpc) is 2.31. The van der Waals surface area contributed by atoms with E-state index in [0.29, 0.717) is 16.3 Å². The van der Waals surface area contributed by atoms with E-state index in [1.165, 1.54) is 18.3 Å². The number of pyridine rings is 1. The van der Waals surface area contributed by atoms with Crippen LogP contribution < -0.4 is 10.5 Å². The van der Waals surface area contributed by atoms with E-state index in [-0.39, 0.29) is 10.7 Å². The van der Waals surface area contributed by atoms with Crippen molar-refractivity contribution in [3.8, 4) is 0 Å². The number of rotatable bonds is 3. The van der Waals surface area contributed by atoms with Gasteiger partial charge in [0, 0.05) is 23.0 Å². The monoisotopic (exact) mass is 297 g/mol. The second-order valence-electron chi connectivity index (χ2n) is 3.99. The van der Waals surface area contributed by atoms with Gasteiger partial charge in [-0.05, 0) is 30.7 Å². The molecule has 0 unspecified atom stereocenters. The van der Waals surface area contributed by atoms with Gasteiger partial charge in [-0.2, -0.15) is 0 Å². The van der Waals surface area contributed by atoms with E-state index < -0.39 is 10.0 Å². The molecule has 0 fully saturated rings. The van der Waals surface area contributed by atoms with E-state index in [1.54, 1.807) is 25.1 Å². The standard InChI is InChI=1S/C12H12ClN3O2S/c1-8-2-3-10(14)7-11(8)19(17,18)16-12-6-9(13)4-5-15-12/h2-7H,14H2,1H3,(H,15,16). The maximum absolute atomic E-state index is 12.2. The highest BCUT2D eigenvalue weighted by atomic mass is 35.5. The summed E-state index contributed by atoms with van der Waals surface area (Å²) in [6, 6.07) is 7.69. The van der Waals surface area contributed by atoms with Gasteiger partial charge >= 0.3 is 0 Å². The second kappa shape index (κ2) is 5.07. The molecular weight excluding hydrogens is 286 g/mol. The van der Waals surface area contributed by atoms with Gasteiger partial charge in [0.25, 0.3) is 10.0 Å². The number of nitrogens with zero attached hydrogens (tertiary/aromatic N) is 1. The number of halogens is 1. The summed E-state index contributed by atoms with van der Waals surface area (Å²) in [4.78, 5) is 4.02. The van der Waals surface area contributed by atoms with Crippen LogP contribution in [0.25, 0.3) is 0 Å². The molecule has 3 N–H and O–H groups in total. The molecule has 7 heteroatoms. The van der Waals surface area contributed by atoms with Crippen molar-refractivity contribution in [2.45, 2.75) is 11.8 Å². The van der Waals surface area contributed by atoms with Crippen LogP contribution in [0.15, 0.2) is 41.4 Å². The molecular formula is C12H12ClN3O2S. The van der Waals surface area contributed by atoms with E-state index in [4.69, 9.17) is 17.3 Å². The number of hydrogen-bond donors (Lipinski definition) is 2. The molecule has 0 aliphatic heterocycles. The minimum absolute atomic E-state index is 0.120. The first-order valence-electron chi connectivity index (χ1n) is 5.39. The summed E-state index contributed by atoms with van der Waals surface area (Å²) >= 11 is 5.78. The van der Waals surface area contributed by atoms with Crippen LogP contribution in [-0.2, 0) is 10.0 Å². The Morgan fingerprint density at radius 1 is 1.26 bits per heavy atom. The summed E-state index contributed by atoms with van der Waals surface area (Å²) in [6.07, 6.45) is 1.42. The summed E-state index contributed by atoms with van der Waals surface area (Å²) in [6.45, 7) is 1.69. The van der Waals surface area contributed by atoms with Crippen molar-refractivity contribution in [2.24, 2.45) is 0 Å². The molecule has 0 aliphatic carbocycles. The predicted octanol–water partition coefficient (Wildman–Crippen LogP) is 2.43. The molecule has 0 bridgehead atoms. The number of nitrogen functional groups attached to an aromatic ring is 1. The maximum Gasteiger partial charge on any atom is 0.263 e. The fourth-order valence-electron chi connectivity index (χ4n) is 1.56. The topological polar surface area (TPSA) is 85.1 Å². The molecule has 0 radical (unpaired) electrons. The van der Waals surface area contributed by atoms with E-state index in [0.717, 1.165) is 0 Å². The van der Waals surface area contributed by atoms with Crippen LogP contribution in [0.3, 0.4) is 0 Å². The summed E-state index contributed by atoms with van der Waals surface area (Å²) in [5, 5.41) is 0.400. The summed E-state index contributed by atoms with van der Waals surface area (Å²) in [5.74, 6) is 0.161. The van der Waals surface area contributed by atoms with Gasteiger partial charge in [0.2, 0.25) is 0 Å². The number of hydrogen-bond acceptors (Lipinski definition) is 4. The van der Waals surface area contributed by atoms with Crippen LogP contribution in [0.1, 0.15) is 5.56 Å². The Morgan fingerprint density at radius 2 is 2.00 bits per heavy atom. The van der Waals surface area contributed by atoms with Gasteiger partial charge in [-0.3, -0.25) is 4.72 Å². The van der Waals surface area contributed by atoms with Gasteiger partial charge in [0.15, 0.2) is 0 Å². The molecule has 0 spiro atoms. The van der Waals surface area contributed by atoms with Gasteiger partial charge in [-0.15, -0.1) is 0 Å². The number of nitrogens with one attached hydrogen (secondary N) is 1. The fraction of sp³-hybridized carbons (Fsp3) is 0.0833. The van der Waals surface area contributed by atoms with Crippen LogP contribution in [0.5, 0.6) is 0 Å². The van der Waals surface area contributed by atoms with Crippen LogP contribution in [0.4, 0.5) is 11.5 Å².